The lowest BCUT2D eigenvalue weighted by atomic mass is 9.93. The minimum absolute atomic E-state index is 0.0135. The Hall–Kier alpha value is -0.770. The van der Waals surface area contributed by atoms with E-state index in [2.05, 4.69) is 13.8 Å². The van der Waals surface area contributed by atoms with Gasteiger partial charge in [0.15, 0.2) is 0 Å². The van der Waals surface area contributed by atoms with E-state index in [1.165, 1.54) is 0 Å². The summed E-state index contributed by atoms with van der Waals surface area (Å²) in [4.78, 5) is 14.3. The third-order valence-electron chi connectivity index (χ3n) is 4.08. The minimum atomic E-state index is -0.0670. The van der Waals surface area contributed by atoms with Crippen molar-refractivity contribution in [3.63, 3.8) is 0 Å². The predicted octanol–water partition coefficient (Wildman–Crippen LogP) is 3.54. The van der Waals surface area contributed by atoms with Crippen LogP contribution in [0, 0.1) is 11.3 Å². The molecule has 0 radical (unpaired) electrons. The fraction of sp³-hybridized carbons (Fsp3) is 0.562. The molecule has 0 heterocycles. The summed E-state index contributed by atoms with van der Waals surface area (Å²) < 4.78 is 0. The number of rotatable bonds is 5. The molecule has 2 atom stereocenters. The average Bonchev–Trinajstić information content (AvgIpc) is 3.20. The first kappa shape index (κ1) is 16.6. The Kier molecular flexibility index (Phi) is 4.86. The molecule has 0 aliphatic heterocycles. The third-order valence-corrected chi connectivity index (χ3v) is 4.92. The van der Waals surface area contributed by atoms with Crippen molar-refractivity contribution in [2.24, 2.45) is 17.1 Å². The molecule has 3 nitrogen and oxygen atoms in total. The van der Waals surface area contributed by atoms with Gasteiger partial charge in [0.05, 0.1) is 10.0 Å². The van der Waals surface area contributed by atoms with E-state index in [0.29, 0.717) is 23.1 Å². The molecule has 1 saturated carbocycles. The van der Waals surface area contributed by atoms with Crippen molar-refractivity contribution in [2.45, 2.75) is 26.2 Å². The first-order chi connectivity index (χ1) is 9.76. The van der Waals surface area contributed by atoms with Gasteiger partial charge in [0, 0.05) is 19.5 Å². The van der Waals surface area contributed by atoms with Crippen LogP contribution in [0.25, 0.3) is 0 Å². The van der Waals surface area contributed by atoms with Crippen molar-refractivity contribution in [2.75, 3.05) is 20.1 Å². The maximum absolute atomic E-state index is 12.5. The van der Waals surface area contributed by atoms with Gasteiger partial charge in [-0.15, -0.1) is 0 Å². The van der Waals surface area contributed by atoms with E-state index in [9.17, 15) is 4.79 Å². The van der Waals surface area contributed by atoms with Crippen molar-refractivity contribution in [1.82, 2.24) is 4.90 Å². The molecular weight excluding hydrogens is 307 g/mol. The summed E-state index contributed by atoms with van der Waals surface area (Å²) in [6.45, 7) is 5.34. The number of halogens is 2. The molecule has 1 amide bonds. The van der Waals surface area contributed by atoms with Crippen molar-refractivity contribution in [1.29, 1.82) is 0 Å². The van der Waals surface area contributed by atoms with E-state index in [4.69, 9.17) is 28.9 Å². The zero-order chi connectivity index (χ0) is 15.8. The molecule has 0 aromatic heterocycles. The van der Waals surface area contributed by atoms with Crippen LogP contribution in [0.15, 0.2) is 18.2 Å². The molecule has 2 rings (SSSR count). The van der Waals surface area contributed by atoms with Gasteiger partial charge in [0.2, 0.25) is 5.91 Å². The summed E-state index contributed by atoms with van der Waals surface area (Å²) in [5.41, 5.74) is 6.64. The second-order valence-corrected chi connectivity index (χ2v) is 7.44. The van der Waals surface area contributed by atoms with E-state index in [0.717, 1.165) is 12.0 Å². The first-order valence-corrected chi connectivity index (χ1v) is 7.91. The molecule has 2 N–H and O–H groups in total. The molecule has 116 valence electrons. The van der Waals surface area contributed by atoms with Gasteiger partial charge in [-0.1, -0.05) is 49.2 Å². The molecule has 2 unspecified atom stereocenters. The molecular formula is C16H22Cl2N2O. The molecule has 5 heteroatoms. The summed E-state index contributed by atoms with van der Waals surface area (Å²) in [6.07, 6.45) is 0.840. The molecule has 1 aromatic carbocycles. The van der Waals surface area contributed by atoms with Crippen LogP contribution in [0.5, 0.6) is 0 Å². The van der Waals surface area contributed by atoms with Crippen molar-refractivity contribution in [3.8, 4) is 0 Å². The Balaban J connectivity index is 2.03. The fourth-order valence-corrected chi connectivity index (χ4v) is 3.13. The normalized spacial score (nSPS) is 21.2. The van der Waals surface area contributed by atoms with Gasteiger partial charge >= 0.3 is 0 Å². The number of carbonyl (C=O) groups is 1. The highest BCUT2D eigenvalue weighted by Gasteiger charge is 2.46. The van der Waals surface area contributed by atoms with Crippen molar-refractivity contribution >= 4 is 29.1 Å². The Morgan fingerprint density at radius 3 is 2.71 bits per heavy atom. The highest BCUT2D eigenvalue weighted by molar-refractivity contribution is 6.42. The van der Waals surface area contributed by atoms with E-state index in [1.54, 1.807) is 11.0 Å². The summed E-state index contributed by atoms with van der Waals surface area (Å²) in [5, 5.41) is 1.12. The number of hydrogen-bond donors (Lipinski definition) is 1. The van der Waals surface area contributed by atoms with Crippen LogP contribution in [-0.2, 0) is 4.79 Å². The average molecular weight is 329 g/mol. The summed E-state index contributed by atoms with van der Waals surface area (Å²) in [6, 6.07) is 5.60. The summed E-state index contributed by atoms with van der Waals surface area (Å²) in [7, 11) is 1.84. The Labute approximate surface area is 136 Å². The Morgan fingerprint density at radius 2 is 2.10 bits per heavy atom. The van der Waals surface area contributed by atoms with Crippen LogP contribution in [0.1, 0.15) is 31.7 Å². The Morgan fingerprint density at radius 1 is 1.43 bits per heavy atom. The van der Waals surface area contributed by atoms with Gasteiger partial charge in [0.1, 0.15) is 0 Å². The van der Waals surface area contributed by atoms with E-state index in [1.807, 2.05) is 19.2 Å². The predicted molar refractivity (Wildman–Crippen MR) is 87.8 cm³/mol. The summed E-state index contributed by atoms with van der Waals surface area (Å²) >= 11 is 12.3. The molecule has 1 fully saturated rings. The topological polar surface area (TPSA) is 46.3 Å². The zero-order valence-corrected chi connectivity index (χ0v) is 14.2. The Bertz CT molecular complexity index is 545. The monoisotopic (exact) mass is 328 g/mol. The fourth-order valence-electron chi connectivity index (χ4n) is 2.69. The number of carbonyl (C=O) groups excluding carboxylic acids is 1. The smallest absolute Gasteiger partial charge is 0.226 e. The van der Waals surface area contributed by atoms with Gasteiger partial charge in [-0.2, -0.15) is 0 Å². The third kappa shape index (κ3) is 3.71. The molecule has 1 aliphatic carbocycles. The zero-order valence-electron chi connectivity index (χ0n) is 12.7. The van der Waals surface area contributed by atoms with E-state index in [-0.39, 0.29) is 23.2 Å². The van der Waals surface area contributed by atoms with Crippen LogP contribution in [0.3, 0.4) is 0 Å². The lowest BCUT2D eigenvalue weighted by molar-refractivity contribution is -0.132. The molecule has 0 spiro atoms. The molecule has 1 aliphatic rings. The number of nitrogens with two attached hydrogens (primary N) is 1. The minimum Gasteiger partial charge on any atom is -0.345 e. The maximum Gasteiger partial charge on any atom is 0.226 e. The van der Waals surface area contributed by atoms with Gasteiger partial charge in [-0.25, -0.2) is 0 Å². The van der Waals surface area contributed by atoms with Crippen LogP contribution in [-0.4, -0.2) is 30.9 Å². The van der Waals surface area contributed by atoms with Crippen LogP contribution in [0.2, 0.25) is 10.0 Å². The lowest BCUT2D eigenvalue weighted by Gasteiger charge is -2.29. The van der Waals surface area contributed by atoms with Crippen LogP contribution in [0.4, 0.5) is 0 Å². The van der Waals surface area contributed by atoms with Crippen LogP contribution < -0.4 is 5.73 Å². The second kappa shape index (κ2) is 6.15. The highest BCUT2D eigenvalue weighted by Crippen LogP contribution is 2.51. The SMILES string of the molecule is CN(CC(C)(C)CN)C(=O)C1CC1c1cccc(Cl)c1Cl. The standard InChI is InChI=1S/C16H22Cl2N2O/c1-16(2,8-19)9-20(3)15(21)12-7-11(12)10-5-4-6-13(17)14(10)18/h4-6,11-12H,7-9,19H2,1-3H3. The van der Waals surface area contributed by atoms with Gasteiger partial charge in [-0.3, -0.25) is 4.79 Å². The van der Waals surface area contributed by atoms with Crippen molar-refractivity contribution < 1.29 is 4.79 Å². The molecule has 21 heavy (non-hydrogen) atoms. The van der Waals surface area contributed by atoms with Gasteiger partial charge in [-0.05, 0) is 35.9 Å². The quantitative estimate of drug-likeness (QED) is 0.898. The number of benzene rings is 1. The first-order valence-electron chi connectivity index (χ1n) is 7.16. The molecule has 0 saturated heterocycles. The van der Waals surface area contributed by atoms with E-state index >= 15 is 0 Å². The summed E-state index contributed by atoms with van der Waals surface area (Å²) in [5.74, 6) is 0.365. The highest BCUT2D eigenvalue weighted by atomic mass is 35.5. The largest absolute Gasteiger partial charge is 0.345 e. The molecule has 1 aromatic rings. The van der Waals surface area contributed by atoms with Gasteiger partial charge < -0.3 is 10.6 Å². The van der Waals surface area contributed by atoms with E-state index < -0.39 is 0 Å². The number of nitrogens with zero attached hydrogens (tertiary/aromatic N) is 1. The van der Waals surface area contributed by atoms with Crippen LogP contribution >= 0.6 is 23.2 Å². The second-order valence-electron chi connectivity index (χ2n) is 6.65. The van der Waals surface area contributed by atoms with Gasteiger partial charge in [0.25, 0.3) is 0 Å². The maximum atomic E-state index is 12.5. The molecule has 0 bridgehead atoms. The number of amides is 1. The number of hydrogen-bond acceptors (Lipinski definition) is 2. The lowest BCUT2D eigenvalue weighted by Crippen LogP contribution is -2.40. The van der Waals surface area contributed by atoms with Crippen molar-refractivity contribution in [3.05, 3.63) is 33.8 Å².